The molecule has 0 atom stereocenters. The Morgan fingerprint density at radius 1 is 1.39 bits per heavy atom. The van der Waals surface area contributed by atoms with Crippen LogP contribution in [0.25, 0.3) is 0 Å². The maximum atomic E-state index is 11.7. The number of esters is 1. The molecule has 0 spiro atoms. The number of rotatable bonds is 5. The van der Waals surface area contributed by atoms with E-state index in [1.165, 1.54) is 25.3 Å². The second-order valence-electron chi connectivity index (χ2n) is 3.29. The van der Waals surface area contributed by atoms with Crippen molar-refractivity contribution in [2.75, 3.05) is 20.3 Å². The van der Waals surface area contributed by atoms with E-state index in [-0.39, 0.29) is 28.7 Å². The van der Waals surface area contributed by atoms with E-state index in [2.05, 4.69) is 0 Å². The van der Waals surface area contributed by atoms with E-state index in [1.54, 1.807) is 0 Å². The summed E-state index contributed by atoms with van der Waals surface area (Å²) in [6, 6.07) is 3.95. The number of ether oxygens (including phenoxy) is 2. The molecule has 0 heterocycles. The second kappa shape index (κ2) is 6.14. The van der Waals surface area contributed by atoms with Gasteiger partial charge in [-0.3, -0.25) is 0 Å². The van der Waals surface area contributed by atoms with Gasteiger partial charge in [-0.2, -0.15) is 0 Å². The van der Waals surface area contributed by atoms with E-state index >= 15 is 0 Å². The monoisotopic (exact) mass is 293 g/mol. The van der Waals surface area contributed by atoms with E-state index in [9.17, 15) is 13.2 Å². The minimum absolute atomic E-state index is 0.00931. The molecule has 6 nitrogen and oxygen atoms in total. The van der Waals surface area contributed by atoms with Crippen molar-refractivity contribution in [2.45, 2.75) is 4.90 Å². The highest BCUT2D eigenvalue weighted by molar-refractivity contribution is 7.89. The molecule has 0 unspecified atom stereocenters. The summed E-state index contributed by atoms with van der Waals surface area (Å²) < 4.78 is 32.2. The molecule has 0 aliphatic carbocycles. The van der Waals surface area contributed by atoms with E-state index < -0.39 is 16.0 Å². The van der Waals surface area contributed by atoms with Crippen molar-refractivity contribution >= 4 is 27.6 Å². The van der Waals surface area contributed by atoms with E-state index in [0.717, 1.165) is 0 Å². The Bertz CT molecular complexity index is 543. The third-order valence-corrected chi connectivity index (χ3v) is 3.27. The molecule has 1 aromatic carbocycles. The van der Waals surface area contributed by atoms with Gasteiger partial charge in [0.1, 0.15) is 6.61 Å². The van der Waals surface area contributed by atoms with Crippen LogP contribution in [0.15, 0.2) is 23.1 Å². The quantitative estimate of drug-likeness (QED) is 0.639. The lowest BCUT2D eigenvalue weighted by molar-refractivity contribution is 0.0384. The Morgan fingerprint density at radius 3 is 2.61 bits per heavy atom. The predicted octanol–water partition coefficient (Wildman–Crippen LogP) is 0.791. The molecule has 1 aromatic rings. The van der Waals surface area contributed by atoms with Crippen LogP contribution in [-0.4, -0.2) is 34.7 Å². The Morgan fingerprint density at radius 2 is 2.06 bits per heavy atom. The minimum Gasteiger partial charge on any atom is -0.460 e. The van der Waals surface area contributed by atoms with Crippen LogP contribution in [0.1, 0.15) is 10.4 Å². The lowest BCUT2D eigenvalue weighted by Gasteiger charge is -2.09. The Labute approximate surface area is 110 Å². The zero-order valence-corrected chi connectivity index (χ0v) is 11.1. The molecule has 8 heteroatoms. The molecule has 0 saturated heterocycles. The van der Waals surface area contributed by atoms with Crippen molar-refractivity contribution < 1.29 is 22.7 Å². The number of methoxy groups -OCH3 is 1. The summed E-state index contributed by atoms with van der Waals surface area (Å²) in [5.74, 6) is -0.860. The van der Waals surface area contributed by atoms with Crippen molar-refractivity contribution in [3.05, 3.63) is 28.8 Å². The molecule has 0 amide bonds. The number of carbonyl (C=O) groups excluding carboxylic acids is 1. The molecule has 0 radical (unpaired) electrons. The summed E-state index contributed by atoms with van der Waals surface area (Å²) in [5.41, 5.74) is -0.266. The molecule has 100 valence electrons. The SMILES string of the molecule is COCCOC(=O)c1c(Cl)cccc1S(N)(=O)=O. The zero-order valence-electron chi connectivity index (χ0n) is 9.55. The van der Waals surface area contributed by atoms with Crippen LogP contribution in [0.3, 0.4) is 0 Å². The maximum Gasteiger partial charge on any atom is 0.341 e. The summed E-state index contributed by atoms with van der Waals surface area (Å²) >= 11 is 5.79. The third kappa shape index (κ3) is 3.67. The number of benzene rings is 1. The number of hydrogen-bond acceptors (Lipinski definition) is 5. The molecule has 18 heavy (non-hydrogen) atoms. The molecule has 0 fully saturated rings. The smallest absolute Gasteiger partial charge is 0.341 e. The van der Waals surface area contributed by atoms with Crippen LogP contribution in [0.2, 0.25) is 5.02 Å². The number of hydrogen-bond donors (Lipinski definition) is 1. The highest BCUT2D eigenvalue weighted by Crippen LogP contribution is 2.23. The topological polar surface area (TPSA) is 95.7 Å². The summed E-state index contributed by atoms with van der Waals surface area (Å²) in [6.07, 6.45) is 0. The van der Waals surface area contributed by atoms with Crippen molar-refractivity contribution in [3.8, 4) is 0 Å². The first-order chi connectivity index (χ1) is 8.38. The summed E-state index contributed by atoms with van der Waals surface area (Å²) in [6.45, 7) is 0.186. The average Bonchev–Trinajstić information content (AvgIpc) is 2.27. The fourth-order valence-electron chi connectivity index (χ4n) is 1.23. The first-order valence-corrected chi connectivity index (χ1v) is 6.77. The van der Waals surface area contributed by atoms with Crippen LogP contribution < -0.4 is 5.14 Å². The lowest BCUT2D eigenvalue weighted by Crippen LogP contribution is -2.19. The molecule has 1 rings (SSSR count). The second-order valence-corrected chi connectivity index (χ2v) is 5.22. The van der Waals surface area contributed by atoms with Crippen molar-refractivity contribution in [2.24, 2.45) is 5.14 Å². The number of sulfonamides is 1. The van der Waals surface area contributed by atoms with Crippen molar-refractivity contribution in [3.63, 3.8) is 0 Å². The largest absolute Gasteiger partial charge is 0.460 e. The lowest BCUT2D eigenvalue weighted by atomic mass is 10.2. The zero-order chi connectivity index (χ0) is 13.8. The maximum absolute atomic E-state index is 11.7. The molecule has 2 N–H and O–H groups in total. The molecule has 0 bridgehead atoms. The van der Waals surface area contributed by atoms with E-state index in [0.29, 0.717) is 0 Å². The van der Waals surface area contributed by atoms with Crippen molar-refractivity contribution in [1.29, 1.82) is 0 Å². The van der Waals surface area contributed by atoms with Gasteiger partial charge in [-0.1, -0.05) is 17.7 Å². The van der Waals surface area contributed by atoms with Gasteiger partial charge in [0.25, 0.3) is 0 Å². The highest BCUT2D eigenvalue weighted by atomic mass is 35.5. The summed E-state index contributed by atoms with van der Waals surface area (Å²) in [4.78, 5) is 11.4. The van der Waals surface area contributed by atoms with E-state index in [4.69, 9.17) is 26.2 Å². The van der Waals surface area contributed by atoms with E-state index in [1.807, 2.05) is 0 Å². The molecular weight excluding hydrogens is 282 g/mol. The Hall–Kier alpha value is -1.15. The normalized spacial score (nSPS) is 11.3. The molecule has 0 aliphatic rings. The fraction of sp³-hybridized carbons (Fsp3) is 0.300. The standard InChI is InChI=1S/C10H12ClNO5S/c1-16-5-6-17-10(13)9-7(11)3-2-4-8(9)18(12,14)15/h2-4H,5-6H2,1H3,(H2,12,14,15). The van der Waals surface area contributed by atoms with Gasteiger partial charge in [0, 0.05) is 7.11 Å². The van der Waals surface area contributed by atoms with Crippen LogP contribution in [0, 0.1) is 0 Å². The fourth-order valence-corrected chi connectivity index (χ4v) is 2.28. The number of nitrogens with two attached hydrogens (primary N) is 1. The number of halogens is 1. The van der Waals surface area contributed by atoms with Gasteiger partial charge in [0.2, 0.25) is 10.0 Å². The van der Waals surface area contributed by atoms with Crippen LogP contribution in [0.4, 0.5) is 0 Å². The van der Waals surface area contributed by atoms with Gasteiger partial charge in [0.05, 0.1) is 22.1 Å². The molecule has 0 saturated carbocycles. The summed E-state index contributed by atoms with van der Waals surface area (Å²) in [5, 5.41) is 4.96. The average molecular weight is 294 g/mol. The van der Waals surface area contributed by atoms with Crippen molar-refractivity contribution in [1.82, 2.24) is 0 Å². The Balaban J connectivity index is 3.11. The molecule has 0 aromatic heterocycles. The van der Waals surface area contributed by atoms with Gasteiger partial charge in [-0.25, -0.2) is 18.4 Å². The van der Waals surface area contributed by atoms with Gasteiger partial charge in [0.15, 0.2) is 0 Å². The molecule has 0 aliphatic heterocycles. The van der Waals surface area contributed by atoms with Gasteiger partial charge in [-0.15, -0.1) is 0 Å². The third-order valence-electron chi connectivity index (χ3n) is 2.01. The van der Waals surface area contributed by atoms with Crippen LogP contribution in [-0.2, 0) is 19.5 Å². The minimum atomic E-state index is -4.05. The highest BCUT2D eigenvalue weighted by Gasteiger charge is 2.23. The first kappa shape index (κ1) is 14.9. The van der Waals surface area contributed by atoms with Gasteiger partial charge >= 0.3 is 5.97 Å². The predicted molar refractivity (Wildman–Crippen MR) is 65.0 cm³/mol. The number of primary sulfonamides is 1. The Kier molecular flexibility index (Phi) is 5.09. The van der Waals surface area contributed by atoms with Gasteiger partial charge in [-0.05, 0) is 12.1 Å². The van der Waals surface area contributed by atoms with Gasteiger partial charge < -0.3 is 9.47 Å². The number of carbonyl (C=O) groups is 1. The first-order valence-electron chi connectivity index (χ1n) is 4.85. The van der Waals surface area contributed by atoms with Crippen LogP contribution in [0.5, 0.6) is 0 Å². The summed E-state index contributed by atoms with van der Waals surface area (Å²) in [7, 11) is -2.60. The van der Waals surface area contributed by atoms with Crippen LogP contribution >= 0.6 is 11.6 Å². The molecular formula is C10H12ClNO5S.